The number of rotatable bonds is 2. The third kappa shape index (κ3) is 2.69. The molecule has 0 aliphatic rings. The van der Waals surface area contributed by atoms with Crippen molar-refractivity contribution in [3.05, 3.63) is 28.6 Å². The summed E-state index contributed by atoms with van der Waals surface area (Å²) in [5, 5.41) is 8.62. The van der Waals surface area contributed by atoms with E-state index >= 15 is 0 Å². The quantitative estimate of drug-likeness (QED) is 0.826. The summed E-state index contributed by atoms with van der Waals surface area (Å²) in [5.41, 5.74) is -4.11. The Kier molecular flexibility index (Phi) is 3.35. The van der Waals surface area contributed by atoms with E-state index in [0.717, 1.165) is 6.92 Å². The lowest BCUT2D eigenvalue weighted by Crippen LogP contribution is -2.14. The van der Waals surface area contributed by atoms with Crippen LogP contribution in [0.2, 0.25) is 0 Å². The van der Waals surface area contributed by atoms with Crippen molar-refractivity contribution >= 4 is 5.97 Å². The molecule has 0 radical (unpaired) electrons. The maximum Gasteiger partial charge on any atom is 0.433 e. The Balaban J connectivity index is 3.53. The molecular weight excluding hydrogens is 249 g/mol. The van der Waals surface area contributed by atoms with Gasteiger partial charge < -0.3 is 5.11 Å². The average Bonchev–Trinajstić information content (AvgIpc) is 2.14. The number of carbonyl (C=O) groups is 1. The molecule has 1 aromatic heterocycles. The first-order chi connectivity index (χ1) is 7.64. The zero-order valence-corrected chi connectivity index (χ0v) is 8.35. The molecule has 0 saturated heterocycles. The number of carboxylic acid groups (broad SMARTS) is 1. The van der Waals surface area contributed by atoms with Gasteiger partial charge in [-0.25, -0.2) is 18.6 Å². The standard InChI is InChI=1S/C9H6F5NO2/c1-3-4(8(16)17)2-5(9(12,13)14)15-6(3)7(10)11/h2,7H,1H3,(H,16,17). The molecule has 0 amide bonds. The molecule has 0 bridgehead atoms. The number of alkyl halides is 5. The molecule has 1 N–H and O–H groups in total. The maximum atomic E-state index is 12.4. The lowest BCUT2D eigenvalue weighted by molar-refractivity contribution is -0.141. The van der Waals surface area contributed by atoms with Crippen LogP contribution in [0.5, 0.6) is 0 Å². The van der Waals surface area contributed by atoms with Crippen LogP contribution in [0.4, 0.5) is 22.0 Å². The number of hydrogen-bond donors (Lipinski definition) is 1. The average molecular weight is 255 g/mol. The second-order valence-corrected chi connectivity index (χ2v) is 3.17. The predicted octanol–water partition coefficient (Wildman–Crippen LogP) is 3.04. The Hall–Kier alpha value is -1.73. The van der Waals surface area contributed by atoms with Gasteiger partial charge >= 0.3 is 12.1 Å². The van der Waals surface area contributed by atoms with Crippen molar-refractivity contribution in [1.82, 2.24) is 4.98 Å². The van der Waals surface area contributed by atoms with Crippen LogP contribution in [-0.2, 0) is 6.18 Å². The first-order valence-electron chi connectivity index (χ1n) is 4.24. The molecule has 0 atom stereocenters. The fourth-order valence-corrected chi connectivity index (χ4v) is 1.21. The molecule has 0 fully saturated rings. The fourth-order valence-electron chi connectivity index (χ4n) is 1.21. The summed E-state index contributed by atoms with van der Waals surface area (Å²) < 4.78 is 61.8. The van der Waals surface area contributed by atoms with E-state index in [9.17, 15) is 26.7 Å². The summed E-state index contributed by atoms with van der Waals surface area (Å²) in [5.74, 6) is -1.71. The second-order valence-electron chi connectivity index (χ2n) is 3.17. The van der Waals surface area contributed by atoms with Crippen LogP contribution in [0.1, 0.15) is 33.7 Å². The Morgan fingerprint density at radius 2 is 1.94 bits per heavy atom. The van der Waals surface area contributed by atoms with Crippen LogP contribution >= 0.6 is 0 Å². The van der Waals surface area contributed by atoms with Crippen molar-refractivity contribution in [2.45, 2.75) is 19.5 Å². The molecule has 0 saturated carbocycles. The number of aromatic nitrogens is 1. The largest absolute Gasteiger partial charge is 0.478 e. The van der Waals surface area contributed by atoms with E-state index in [4.69, 9.17) is 5.11 Å². The SMILES string of the molecule is Cc1c(C(=O)O)cc(C(F)(F)F)nc1C(F)F. The topological polar surface area (TPSA) is 50.2 Å². The Morgan fingerprint density at radius 3 is 2.29 bits per heavy atom. The van der Waals surface area contributed by atoms with Gasteiger partial charge in [-0.1, -0.05) is 0 Å². The van der Waals surface area contributed by atoms with Gasteiger partial charge in [0.15, 0.2) is 0 Å². The number of hydrogen-bond acceptors (Lipinski definition) is 2. The van der Waals surface area contributed by atoms with Gasteiger partial charge in [-0.2, -0.15) is 13.2 Å². The van der Waals surface area contributed by atoms with Gasteiger partial charge in [0, 0.05) is 0 Å². The molecule has 94 valence electrons. The van der Waals surface area contributed by atoms with E-state index in [2.05, 4.69) is 4.98 Å². The van der Waals surface area contributed by atoms with Crippen LogP contribution in [0.3, 0.4) is 0 Å². The van der Waals surface area contributed by atoms with Crippen LogP contribution in [-0.4, -0.2) is 16.1 Å². The highest BCUT2D eigenvalue weighted by Crippen LogP contribution is 2.32. The van der Waals surface area contributed by atoms with Crippen molar-refractivity contribution in [3.8, 4) is 0 Å². The summed E-state index contributed by atoms with van der Waals surface area (Å²) in [7, 11) is 0. The molecule has 0 unspecified atom stereocenters. The van der Waals surface area contributed by atoms with Crippen LogP contribution < -0.4 is 0 Å². The molecule has 1 rings (SSSR count). The van der Waals surface area contributed by atoms with Crippen molar-refractivity contribution in [2.75, 3.05) is 0 Å². The van der Waals surface area contributed by atoms with E-state index in [1.165, 1.54) is 0 Å². The monoisotopic (exact) mass is 255 g/mol. The molecule has 0 aliphatic heterocycles. The van der Waals surface area contributed by atoms with E-state index in [0.29, 0.717) is 0 Å². The Labute approximate surface area is 91.9 Å². The summed E-state index contributed by atoms with van der Waals surface area (Å²) in [6.07, 6.45) is -8.24. The van der Waals surface area contributed by atoms with E-state index in [1.807, 2.05) is 0 Å². The predicted molar refractivity (Wildman–Crippen MR) is 45.9 cm³/mol. The summed E-state index contributed by atoms with van der Waals surface area (Å²) in [6.45, 7) is 0.984. The highest BCUT2D eigenvalue weighted by Gasteiger charge is 2.35. The van der Waals surface area contributed by atoms with E-state index in [-0.39, 0.29) is 6.07 Å². The van der Waals surface area contributed by atoms with Gasteiger partial charge in [0.1, 0.15) is 11.4 Å². The van der Waals surface area contributed by atoms with Crippen LogP contribution in [0, 0.1) is 6.92 Å². The molecule has 3 nitrogen and oxygen atoms in total. The van der Waals surface area contributed by atoms with Crippen molar-refractivity contribution < 1.29 is 31.9 Å². The van der Waals surface area contributed by atoms with Gasteiger partial charge in [0.25, 0.3) is 6.43 Å². The van der Waals surface area contributed by atoms with Gasteiger partial charge in [-0.3, -0.25) is 0 Å². The zero-order valence-electron chi connectivity index (χ0n) is 8.35. The number of nitrogens with zero attached hydrogens (tertiary/aromatic N) is 1. The van der Waals surface area contributed by atoms with Crippen LogP contribution in [0.15, 0.2) is 6.07 Å². The highest BCUT2D eigenvalue weighted by molar-refractivity contribution is 5.89. The summed E-state index contributed by atoms with van der Waals surface area (Å²) >= 11 is 0. The van der Waals surface area contributed by atoms with Crippen molar-refractivity contribution in [3.63, 3.8) is 0 Å². The van der Waals surface area contributed by atoms with Crippen LogP contribution in [0.25, 0.3) is 0 Å². The molecule has 1 heterocycles. The van der Waals surface area contributed by atoms with Crippen molar-refractivity contribution in [2.24, 2.45) is 0 Å². The molecular formula is C9H6F5NO2. The second kappa shape index (κ2) is 4.27. The van der Waals surface area contributed by atoms with Gasteiger partial charge in [0.05, 0.1) is 5.56 Å². The maximum absolute atomic E-state index is 12.4. The lowest BCUT2D eigenvalue weighted by Gasteiger charge is -2.12. The number of halogens is 5. The molecule has 0 aliphatic carbocycles. The molecule has 0 spiro atoms. The number of aromatic carboxylic acids is 1. The normalized spacial score (nSPS) is 11.9. The Morgan fingerprint density at radius 1 is 1.41 bits per heavy atom. The minimum Gasteiger partial charge on any atom is -0.478 e. The molecule has 0 aromatic carbocycles. The van der Waals surface area contributed by atoms with E-state index < -0.39 is 41.1 Å². The lowest BCUT2D eigenvalue weighted by atomic mass is 10.1. The molecule has 1 aromatic rings. The third-order valence-corrected chi connectivity index (χ3v) is 2.04. The minimum atomic E-state index is -4.97. The zero-order chi connectivity index (χ0) is 13.4. The highest BCUT2D eigenvalue weighted by atomic mass is 19.4. The summed E-state index contributed by atoms with van der Waals surface area (Å²) in [6, 6.07) is 0.240. The first-order valence-corrected chi connectivity index (χ1v) is 4.24. The smallest absolute Gasteiger partial charge is 0.433 e. The third-order valence-electron chi connectivity index (χ3n) is 2.04. The minimum absolute atomic E-state index is 0.240. The van der Waals surface area contributed by atoms with Gasteiger partial charge in [-0.05, 0) is 18.6 Å². The van der Waals surface area contributed by atoms with Gasteiger partial charge in [0.2, 0.25) is 0 Å². The number of pyridine rings is 1. The fraction of sp³-hybridized carbons (Fsp3) is 0.333. The first kappa shape index (κ1) is 13.3. The molecule has 17 heavy (non-hydrogen) atoms. The molecule has 8 heteroatoms. The van der Waals surface area contributed by atoms with Gasteiger partial charge in [-0.15, -0.1) is 0 Å². The Bertz CT molecular complexity index is 455. The van der Waals surface area contributed by atoms with E-state index in [1.54, 1.807) is 0 Å². The number of carboxylic acids is 1. The van der Waals surface area contributed by atoms with Crippen molar-refractivity contribution in [1.29, 1.82) is 0 Å². The summed E-state index contributed by atoms with van der Waals surface area (Å²) in [4.78, 5) is 13.4.